The molecule has 0 aliphatic carbocycles. The van der Waals surface area contributed by atoms with E-state index < -0.39 is 244 Å². The first kappa shape index (κ1) is 71.4. The smallest absolute Gasteiger partial charge is 0.297 e. The maximum Gasteiger partial charge on any atom is 0.297 e. The second-order valence-corrected chi connectivity index (χ2v) is 26.5. The van der Waals surface area contributed by atoms with Gasteiger partial charge in [0.25, 0.3) is 20.2 Å². The van der Waals surface area contributed by atoms with Gasteiger partial charge in [-0.1, -0.05) is 35.4 Å². The van der Waals surface area contributed by atoms with E-state index in [4.69, 9.17) is 65.2 Å². The van der Waals surface area contributed by atoms with Crippen molar-refractivity contribution in [3.05, 3.63) is 57.6 Å². The van der Waals surface area contributed by atoms with Crippen molar-refractivity contribution in [2.75, 3.05) is 39.6 Å². The van der Waals surface area contributed by atoms with Crippen LogP contribution < -0.4 is 0 Å². The number of rotatable bonds is 12. The molecule has 22 saturated heterocycles. The molecular weight excluding hydrogens is 1260 g/mol. The second-order valence-electron chi connectivity index (χ2n) is 23.4. The average Bonchev–Trinajstić information content (AvgIpc) is 0.846. The molecular formula is C54H80O34S2. The van der Waals surface area contributed by atoms with E-state index in [1.54, 1.807) is 38.1 Å². The van der Waals surface area contributed by atoms with Gasteiger partial charge in [0.15, 0.2) is 37.7 Å². The van der Waals surface area contributed by atoms with Crippen LogP contribution in [0, 0.1) is 41.5 Å². The van der Waals surface area contributed by atoms with E-state index in [0.29, 0.717) is 11.1 Å². The first-order chi connectivity index (χ1) is 42.4. The van der Waals surface area contributed by atoms with Gasteiger partial charge < -0.3 is 139 Å². The monoisotopic (exact) mass is 1340 g/mol. The van der Waals surface area contributed by atoms with Gasteiger partial charge in [0.1, 0.15) is 146 Å². The van der Waals surface area contributed by atoms with Crippen molar-refractivity contribution in [3.8, 4) is 0 Å². The number of aliphatic hydroxyl groups excluding tert-OH is 16. The topological polar surface area (TPSA) is 521 Å². The highest BCUT2D eigenvalue weighted by molar-refractivity contribution is 7.87. The fourth-order valence-electron chi connectivity index (χ4n) is 12.5. The van der Waals surface area contributed by atoms with Gasteiger partial charge >= 0.3 is 0 Å². The molecule has 30 atom stereocenters. The highest BCUT2D eigenvalue weighted by atomic mass is 32.2. The molecule has 0 saturated carbocycles. The third-order valence-corrected chi connectivity index (χ3v) is 20.0. The van der Waals surface area contributed by atoms with Crippen molar-refractivity contribution in [2.24, 2.45) is 0 Å². The highest BCUT2D eigenvalue weighted by Crippen LogP contribution is 2.39. The van der Waals surface area contributed by atoms with Crippen LogP contribution in [-0.2, 0) is 85.4 Å². The third kappa shape index (κ3) is 14.3. The van der Waals surface area contributed by atoms with Gasteiger partial charge in [0.2, 0.25) is 0 Å². The van der Waals surface area contributed by atoms with Crippen LogP contribution in [-0.4, -0.2) is 322 Å². The molecule has 22 heterocycles. The van der Waals surface area contributed by atoms with E-state index in [1.165, 1.54) is 27.7 Å². The van der Waals surface area contributed by atoms with Crippen molar-refractivity contribution in [3.63, 3.8) is 0 Å². The SMILES string of the molecule is Cc1cc(C)c(S(=O)(=O)OC[C@H]2O[C@@H]3O[C@H]4[C@H](O)[C@@H](O)[C@@H](O[C@H]5[C@H](O)[C@@H](O)[C@@H](O[C@H]6[C@H](O)[C@@H](O)[C@@H](O[C@H]7[C@H](O)[C@@H](O)[C@@H](O[C@H]8[C@H](O)[C@@H](O)[C@@H](O[C@H]2[C@H](O)[C@H]3O)O[C@@H]8CO)O[C@@H]7CO)O[C@@H]6CO)O[C@@H]5CO)O[C@@H]4COS(=O)(=O)c2c(C)cc(C)cc2C)c(C)c1. The lowest BCUT2D eigenvalue weighted by atomic mass is 9.94. The van der Waals surface area contributed by atoms with Crippen LogP contribution in [0.1, 0.15) is 33.4 Å². The number of hydrogen-bond donors (Lipinski definition) is 16. The van der Waals surface area contributed by atoms with E-state index in [-0.39, 0.29) is 32.0 Å². The summed E-state index contributed by atoms with van der Waals surface area (Å²) in [5.74, 6) is 0. The Morgan fingerprint density at radius 3 is 0.667 bits per heavy atom. The van der Waals surface area contributed by atoms with Crippen LogP contribution in [0.3, 0.4) is 0 Å². The summed E-state index contributed by atoms with van der Waals surface area (Å²) in [7, 11) is -9.63. The Labute approximate surface area is 515 Å². The van der Waals surface area contributed by atoms with Gasteiger partial charge in [0.05, 0.1) is 49.4 Å². The molecule has 0 amide bonds. The molecule has 0 spiro atoms. The van der Waals surface area contributed by atoms with E-state index >= 15 is 0 Å². The molecule has 0 radical (unpaired) electrons. The van der Waals surface area contributed by atoms with Crippen LogP contribution in [0.25, 0.3) is 0 Å². The molecule has 22 fully saturated rings. The van der Waals surface area contributed by atoms with Crippen LogP contribution in [0.15, 0.2) is 34.1 Å². The Balaban J connectivity index is 1.09. The lowest BCUT2D eigenvalue weighted by molar-refractivity contribution is -0.403. The van der Waals surface area contributed by atoms with Crippen molar-refractivity contribution >= 4 is 20.2 Å². The fourth-order valence-corrected chi connectivity index (χ4v) is 15.1. The van der Waals surface area contributed by atoms with Gasteiger partial charge in [0, 0.05) is 0 Å². The van der Waals surface area contributed by atoms with Crippen molar-refractivity contribution < 1.29 is 164 Å². The predicted molar refractivity (Wildman–Crippen MR) is 289 cm³/mol. The van der Waals surface area contributed by atoms with E-state index in [2.05, 4.69) is 0 Å². The normalized spacial score (nSPS) is 44.1. The molecule has 34 nitrogen and oxygen atoms in total. The summed E-state index contributed by atoms with van der Waals surface area (Å²) in [4.78, 5) is -0.581. The lowest BCUT2D eigenvalue weighted by Gasteiger charge is -2.50. The molecule has 22 aliphatic heterocycles. The largest absolute Gasteiger partial charge is 0.394 e. The standard InChI is InChI=1S/C54H80O34S2/c1-17-7-19(3)47(20(4)8-17)89(71,72)75-15-27-45-34(64)40(70)54(82-27)88-46-28(16-76-90(73,74)48-21(5)9-18(2)10-22(48)6)81-53(39(69)33(46)63)86-44-26(14-58)79-51(37(67)31(44)61)84-42-24(12-56)77-49(35(65)29(42)59)83-41-23(11-55)78-50(36(66)30(41)60)85-43-25(13-57)80-52(87-45)38(68)32(43)62/h7-10,23-46,49-70H,11-16H2,1-6H3/t23-,24-,25-,26-,27-,28-,29-,30-,31-,32-,33-,34-,35-,36-,37-,38-,39-,40-,41-,42-,43-,44-,45-,46-,49-,50-,51-,52-,53-,54-/m1/s1. The summed E-state index contributed by atoms with van der Waals surface area (Å²) < 4.78 is 138. The predicted octanol–water partition coefficient (Wildman–Crippen LogP) is -8.38. The fraction of sp³-hybridized carbons (Fsp3) is 0.778. The minimum Gasteiger partial charge on any atom is -0.394 e. The number of aliphatic hydroxyl groups is 16. The van der Waals surface area contributed by atoms with Crippen LogP contribution in [0.4, 0.5) is 0 Å². The highest BCUT2D eigenvalue weighted by Gasteiger charge is 2.59. The Morgan fingerprint density at radius 2 is 0.478 bits per heavy atom. The molecule has 22 aliphatic rings. The number of hydrogen-bond acceptors (Lipinski definition) is 34. The van der Waals surface area contributed by atoms with Gasteiger partial charge in [-0.05, 0) is 63.8 Å². The summed E-state index contributed by atoms with van der Waals surface area (Å²) in [5.41, 5.74) is 2.33. The minimum atomic E-state index is -4.81. The summed E-state index contributed by atoms with van der Waals surface area (Å²) in [6, 6.07) is 6.19. The molecule has 2 aromatic rings. The summed E-state index contributed by atoms with van der Waals surface area (Å²) in [6.07, 6.45) is -63.8. The summed E-state index contributed by atoms with van der Waals surface area (Å²) in [6.45, 7) is 2.70. The Hall–Kier alpha value is -2.86. The zero-order valence-corrected chi connectivity index (χ0v) is 50.8. The number of ether oxygens (including phenoxy) is 12. The number of aryl methyl sites for hydroxylation is 6. The van der Waals surface area contributed by atoms with E-state index in [9.17, 15) is 98.5 Å². The molecule has 36 heteroatoms. The molecule has 24 rings (SSSR count). The molecule has 2 aromatic carbocycles. The van der Waals surface area contributed by atoms with E-state index in [1.807, 2.05) is 0 Å². The second kappa shape index (κ2) is 28.8. The summed E-state index contributed by atoms with van der Waals surface area (Å²) >= 11 is 0. The van der Waals surface area contributed by atoms with Gasteiger partial charge in [-0.15, -0.1) is 0 Å². The lowest BCUT2D eigenvalue weighted by Crippen LogP contribution is -2.69. The van der Waals surface area contributed by atoms with Crippen molar-refractivity contribution in [1.82, 2.24) is 0 Å². The Kier molecular flexibility index (Phi) is 22.9. The van der Waals surface area contributed by atoms with Gasteiger partial charge in [-0.2, -0.15) is 16.8 Å². The Morgan fingerprint density at radius 1 is 0.300 bits per heavy atom. The van der Waals surface area contributed by atoms with Crippen molar-refractivity contribution in [1.29, 1.82) is 0 Å². The van der Waals surface area contributed by atoms with E-state index in [0.717, 1.165) is 0 Å². The Bertz CT molecular complexity index is 2840. The maximum absolute atomic E-state index is 14.1. The zero-order valence-electron chi connectivity index (χ0n) is 49.2. The quantitative estimate of drug-likeness (QED) is 0.0878. The molecule has 0 unspecified atom stereocenters. The van der Waals surface area contributed by atoms with Gasteiger partial charge in [-0.25, -0.2) is 0 Å². The molecule has 12 bridgehead atoms. The average molecular weight is 1340 g/mol. The molecule has 0 aromatic heterocycles. The maximum atomic E-state index is 14.1. The zero-order chi connectivity index (χ0) is 65.9. The third-order valence-electron chi connectivity index (χ3n) is 16.8. The first-order valence-electron chi connectivity index (χ1n) is 28.8. The van der Waals surface area contributed by atoms with Crippen LogP contribution in [0.2, 0.25) is 0 Å². The first-order valence-corrected chi connectivity index (χ1v) is 31.6. The van der Waals surface area contributed by atoms with Gasteiger partial charge in [-0.3, -0.25) is 8.37 Å². The molecule has 16 N–H and O–H groups in total. The summed E-state index contributed by atoms with van der Waals surface area (Å²) in [5, 5.41) is 182. The van der Waals surface area contributed by atoms with Crippen LogP contribution >= 0.6 is 0 Å². The van der Waals surface area contributed by atoms with Crippen molar-refractivity contribution in [2.45, 2.75) is 236 Å². The molecule has 90 heavy (non-hydrogen) atoms. The minimum absolute atomic E-state index is 0.239. The van der Waals surface area contributed by atoms with Crippen LogP contribution in [0.5, 0.6) is 0 Å². The molecule has 512 valence electrons. The number of benzene rings is 2.